The molecule has 1 atom stereocenters. The van der Waals surface area contributed by atoms with E-state index in [0.29, 0.717) is 12.0 Å². The number of aliphatic hydroxyl groups is 1. The van der Waals surface area contributed by atoms with E-state index < -0.39 is 21.9 Å². The predicted octanol–water partition coefficient (Wildman–Crippen LogP) is 2.37. The summed E-state index contributed by atoms with van der Waals surface area (Å²) in [5.41, 5.74) is 0.345. The van der Waals surface area contributed by atoms with Crippen molar-refractivity contribution >= 4 is 15.8 Å². The number of rotatable bonds is 5. The van der Waals surface area contributed by atoms with Gasteiger partial charge in [-0.25, -0.2) is 12.4 Å². The van der Waals surface area contributed by atoms with Crippen molar-refractivity contribution in [3.8, 4) is 0 Å². The third kappa shape index (κ3) is 2.77. The minimum Gasteiger partial charge on any atom is -0.388 e. The van der Waals surface area contributed by atoms with Gasteiger partial charge >= 0.3 is 0 Å². The van der Waals surface area contributed by atoms with Crippen LogP contribution in [0.3, 0.4) is 0 Å². The first kappa shape index (κ1) is 15.5. The number of hydrogen-bond donors (Lipinski definition) is 1. The second-order valence-corrected chi connectivity index (χ2v) is 6.53. The van der Waals surface area contributed by atoms with Crippen molar-refractivity contribution in [3.63, 3.8) is 0 Å². The number of carbonyl (C=O) groups excluding carboxylic acids is 1. The minimum absolute atomic E-state index is 0.00760. The fraction of sp³-hybridized carbons (Fsp3) is 0.267. The predicted molar refractivity (Wildman–Crippen MR) is 78.7 cm³/mol. The Morgan fingerprint density at radius 2 is 1.86 bits per heavy atom. The highest BCUT2D eigenvalue weighted by molar-refractivity contribution is 7.90. The maximum atomic E-state index is 12.6. The van der Waals surface area contributed by atoms with E-state index in [9.17, 15) is 18.3 Å². The van der Waals surface area contributed by atoms with Crippen LogP contribution in [0, 0.1) is 0 Å². The van der Waals surface area contributed by atoms with Crippen LogP contribution in [0.4, 0.5) is 0 Å². The van der Waals surface area contributed by atoms with Crippen LogP contribution in [0.5, 0.6) is 0 Å². The fourth-order valence-corrected chi connectivity index (χ4v) is 3.61. The Bertz CT molecular complexity index is 747. The first-order valence-electron chi connectivity index (χ1n) is 6.60. The van der Waals surface area contributed by atoms with E-state index in [-0.39, 0.29) is 10.6 Å². The molecule has 0 fully saturated rings. The molecule has 1 N–H and O–H groups in total. The lowest BCUT2D eigenvalue weighted by atomic mass is 10.1. The lowest BCUT2D eigenvalue weighted by Crippen LogP contribution is -2.18. The zero-order valence-electron chi connectivity index (χ0n) is 11.9. The smallest absolute Gasteiger partial charge is 0.268 e. The molecule has 5 nitrogen and oxygen atoms in total. The largest absolute Gasteiger partial charge is 0.388 e. The first-order chi connectivity index (χ1) is 9.89. The molecule has 2 rings (SSSR count). The molecule has 0 aliphatic carbocycles. The van der Waals surface area contributed by atoms with E-state index in [2.05, 4.69) is 0 Å². The van der Waals surface area contributed by atoms with Crippen molar-refractivity contribution in [3.05, 3.63) is 53.9 Å². The van der Waals surface area contributed by atoms with Crippen LogP contribution < -0.4 is 0 Å². The number of Topliss-reactive ketones (excluding diaryl/α,β-unsaturated/α-hetero) is 1. The lowest BCUT2D eigenvalue weighted by Gasteiger charge is -2.12. The van der Waals surface area contributed by atoms with Crippen LogP contribution in [-0.4, -0.2) is 23.3 Å². The summed E-state index contributed by atoms with van der Waals surface area (Å²) < 4.78 is 26.2. The highest BCUT2D eigenvalue weighted by Crippen LogP contribution is 2.26. The van der Waals surface area contributed by atoms with Gasteiger partial charge in [-0.1, -0.05) is 25.1 Å². The van der Waals surface area contributed by atoms with Crippen molar-refractivity contribution in [2.24, 2.45) is 0 Å². The van der Waals surface area contributed by atoms with Gasteiger partial charge in [0.1, 0.15) is 5.69 Å². The topological polar surface area (TPSA) is 76.4 Å². The highest BCUT2D eigenvalue weighted by atomic mass is 32.2. The molecule has 0 aliphatic rings. The number of ketones is 1. The molecule has 0 saturated heterocycles. The molecule has 0 bridgehead atoms. The van der Waals surface area contributed by atoms with Crippen LogP contribution in [0.1, 0.15) is 42.4 Å². The van der Waals surface area contributed by atoms with E-state index in [4.69, 9.17) is 0 Å². The number of hydrogen-bond acceptors (Lipinski definition) is 4. The molecular weight excluding hydrogens is 290 g/mol. The molecule has 0 spiro atoms. The van der Waals surface area contributed by atoms with Gasteiger partial charge in [0, 0.05) is 18.7 Å². The van der Waals surface area contributed by atoms with Gasteiger partial charge in [0.15, 0.2) is 5.78 Å². The zero-order valence-corrected chi connectivity index (χ0v) is 12.7. The molecule has 2 aromatic rings. The summed E-state index contributed by atoms with van der Waals surface area (Å²) in [5, 5.41) is 9.95. The molecule has 0 radical (unpaired) electrons. The average Bonchev–Trinajstić information content (AvgIpc) is 2.93. The van der Waals surface area contributed by atoms with Crippen LogP contribution in [0.25, 0.3) is 0 Å². The molecule has 1 heterocycles. The van der Waals surface area contributed by atoms with E-state index in [1.165, 1.54) is 31.3 Å². The summed E-state index contributed by atoms with van der Waals surface area (Å²) in [6.07, 6.45) is 0.847. The van der Waals surface area contributed by atoms with Crippen molar-refractivity contribution in [2.45, 2.75) is 31.3 Å². The Hall–Kier alpha value is -1.92. The minimum atomic E-state index is -3.85. The van der Waals surface area contributed by atoms with Gasteiger partial charge in [-0.15, -0.1) is 0 Å². The van der Waals surface area contributed by atoms with E-state index >= 15 is 0 Å². The Morgan fingerprint density at radius 3 is 2.38 bits per heavy atom. The van der Waals surface area contributed by atoms with Gasteiger partial charge < -0.3 is 5.11 Å². The quantitative estimate of drug-likeness (QED) is 0.860. The van der Waals surface area contributed by atoms with Crippen molar-refractivity contribution < 1.29 is 18.3 Å². The van der Waals surface area contributed by atoms with Gasteiger partial charge in [0.2, 0.25) is 0 Å². The number of aromatic nitrogens is 1. The third-order valence-electron chi connectivity index (χ3n) is 3.26. The summed E-state index contributed by atoms with van der Waals surface area (Å²) in [4.78, 5) is 11.9. The van der Waals surface area contributed by atoms with Crippen molar-refractivity contribution in [1.82, 2.24) is 3.97 Å². The monoisotopic (exact) mass is 307 g/mol. The average molecular weight is 307 g/mol. The summed E-state index contributed by atoms with van der Waals surface area (Å²) in [6, 6.07) is 9.36. The van der Waals surface area contributed by atoms with E-state index in [0.717, 1.165) is 3.97 Å². The van der Waals surface area contributed by atoms with Crippen LogP contribution in [-0.2, 0) is 10.0 Å². The highest BCUT2D eigenvalue weighted by Gasteiger charge is 2.26. The normalized spacial score (nSPS) is 13.1. The second kappa shape index (κ2) is 5.83. The molecule has 1 aromatic heterocycles. The maximum absolute atomic E-state index is 12.6. The SMILES string of the molecule is CCC(O)c1ccn(S(=O)(=O)c2ccccc2)c1C(C)=O. The molecule has 1 unspecified atom stereocenters. The van der Waals surface area contributed by atoms with Gasteiger partial charge in [-0.2, -0.15) is 0 Å². The van der Waals surface area contributed by atoms with Crippen LogP contribution >= 0.6 is 0 Å². The Balaban J connectivity index is 2.65. The van der Waals surface area contributed by atoms with Crippen molar-refractivity contribution in [1.29, 1.82) is 0 Å². The molecular formula is C15H17NO4S. The molecule has 0 aliphatic heterocycles. The fourth-order valence-electron chi connectivity index (χ4n) is 2.18. The summed E-state index contributed by atoms with van der Waals surface area (Å²) >= 11 is 0. The summed E-state index contributed by atoms with van der Waals surface area (Å²) in [5.74, 6) is -0.401. The Kier molecular flexibility index (Phi) is 4.29. The van der Waals surface area contributed by atoms with Crippen molar-refractivity contribution in [2.75, 3.05) is 0 Å². The van der Waals surface area contributed by atoms with E-state index in [1.54, 1.807) is 25.1 Å². The first-order valence-corrected chi connectivity index (χ1v) is 8.04. The molecule has 1 aromatic carbocycles. The maximum Gasteiger partial charge on any atom is 0.268 e. The Labute approximate surface area is 123 Å². The standard InChI is InChI=1S/C15H17NO4S/c1-3-14(18)13-9-10-16(15(13)11(2)17)21(19,20)12-7-5-4-6-8-12/h4-10,14,18H,3H2,1-2H3. The lowest BCUT2D eigenvalue weighted by molar-refractivity contribution is 0.0999. The molecule has 21 heavy (non-hydrogen) atoms. The second-order valence-electron chi connectivity index (χ2n) is 4.71. The Morgan fingerprint density at radius 1 is 1.24 bits per heavy atom. The third-order valence-corrected chi connectivity index (χ3v) is 4.95. The zero-order chi connectivity index (χ0) is 15.6. The van der Waals surface area contributed by atoms with Gasteiger partial charge in [-0.05, 0) is 24.6 Å². The summed E-state index contributed by atoms with van der Waals surface area (Å²) in [7, 11) is -3.85. The molecule has 112 valence electrons. The molecule has 0 amide bonds. The van der Waals surface area contributed by atoms with Gasteiger partial charge in [-0.3, -0.25) is 4.79 Å². The van der Waals surface area contributed by atoms with Crippen LogP contribution in [0.2, 0.25) is 0 Å². The number of carbonyl (C=O) groups is 1. The van der Waals surface area contributed by atoms with Crippen LogP contribution in [0.15, 0.2) is 47.5 Å². The summed E-state index contributed by atoms with van der Waals surface area (Å²) in [6.45, 7) is 3.05. The van der Waals surface area contributed by atoms with Gasteiger partial charge in [0.25, 0.3) is 10.0 Å². The number of benzene rings is 1. The number of nitrogens with zero attached hydrogens (tertiary/aromatic N) is 1. The number of aliphatic hydroxyl groups excluding tert-OH is 1. The molecule has 0 saturated carbocycles. The van der Waals surface area contributed by atoms with Gasteiger partial charge in [0.05, 0.1) is 11.0 Å². The van der Waals surface area contributed by atoms with E-state index in [1.807, 2.05) is 0 Å². The molecule has 6 heteroatoms.